The number of carboxylic acids is 1. The zero-order chi connectivity index (χ0) is 11.1. The Kier molecular flexibility index (Phi) is 2.03. The SMILES string of the molecule is O=C(O)c1cc(-c2scnc2C2CC2)on1. The largest absolute Gasteiger partial charge is 0.476 e. The molecule has 0 aliphatic heterocycles. The van der Waals surface area contributed by atoms with E-state index in [2.05, 4.69) is 10.1 Å². The third-order valence-corrected chi connectivity index (χ3v) is 3.37. The molecule has 1 fully saturated rings. The molecular formula is C10H8N2O3S. The lowest BCUT2D eigenvalue weighted by Gasteiger charge is -1.93. The van der Waals surface area contributed by atoms with E-state index >= 15 is 0 Å². The van der Waals surface area contributed by atoms with E-state index in [4.69, 9.17) is 9.63 Å². The van der Waals surface area contributed by atoms with Crippen LogP contribution in [0.3, 0.4) is 0 Å². The molecule has 82 valence electrons. The molecule has 0 bridgehead atoms. The number of nitrogens with zero attached hydrogens (tertiary/aromatic N) is 2. The molecule has 6 heteroatoms. The number of hydrogen-bond donors (Lipinski definition) is 1. The summed E-state index contributed by atoms with van der Waals surface area (Å²) in [6.07, 6.45) is 2.30. The highest BCUT2D eigenvalue weighted by Gasteiger charge is 2.30. The Balaban J connectivity index is 2.00. The zero-order valence-corrected chi connectivity index (χ0v) is 9.03. The molecule has 1 aliphatic carbocycles. The van der Waals surface area contributed by atoms with E-state index < -0.39 is 5.97 Å². The highest BCUT2D eigenvalue weighted by Crippen LogP contribution is 2.45. The molecule has 1 aliphatic rings. The van der Waals surface area contributed by atoms with Crippen molar-refractivity contribution in [2.45, 2.75) is 18.8 Å². The van der Waals surface area contributed by atoms with Crippen LogP contribution in [0.5, 0.6) is 0 Å². The van der Waals surface area contributed by atoms with E-state index in [1.165, 1.54) is 17.4 Å². The third kappa shape index (κ3) is 1.51. The van der Waals surface area contributed by atoms with E-state index in [9.17, 15) is 4.79 Å². The summed E-state index contributed by atoms with van der Waals surface area (Å²) >= 11 is 1.46. The molecule has 0 spiro atoms. The first-order valence-electron chi connectivity index (χ1n) is 4.89. The smallest absolute Gasteiger partial charge is 0.358 e. The molecule has 0 unspecified atom stereocenters. The fourth-order valence-electron chi connectivity index (χ4n) is 1.57. The van der Waals surface area contributed by atoms with E-state index in [-0.39, 0.29) is 5.69 Å². The molecule has 2 aromatic heterocycles. The molecule has 2 heterocycles. The van der Waals surface area contributed by atoms with Gasteiger partial charge in [-0.05, 0) is 12.8 Å². The molecule has 1 saturated carbocycles. The second-order valence-electron chi connectivity index (χ2n) is 3.72. The Labute approximate surface area is 94.7 Å². The van der Waals surface area contributed by atoms with Crippen LogP contribution in [-0.2, 0) is 0 Å². The topological polar surface area (TPSA) is 76.2 Å². The first-order chi connectivity index (χ1) is 7.75. The Morgan fingerprint density at radius 2 is 2.38 bits per heavy atom. The van der Waals surface area contributed by atoms with Crippen molar-refractivity contribution in [2.75, 3.05) is 0 Å². The quantitative estimate of drug-likeness (QED) is 0.885. The predicted octanol–water partition coefficient (Wildman–Crippen LogP) is 2.37. The molecule has 1 N–H and O–H groups in total. The maximum absolute atomic E-state index is 10.7. The van der Waals surface area contributed by atoms with Crippen molar-refractivity contribution in [1.29, 1.82) is 0 Å². The average molecular weight is 236 g/mol. The minimum Gasteiger partial charge on any atom is -0.476 e. The monoisotopic (exact) mass is 236 g/mol. The second-order valence-corrected chi connectivity index (χ2v) is 4.58. The fourth-order valence-corrected chi connectivity index (χ4v) is 2.39. The molecule has 0 atom stereocenters. The average Bonchev–Trinajstić information content (AvgIpc) is 2.83. The summed E-state index contributed by atoms with van der Waals surface area (Å²) in [5.41, 5.74) is 2.70. The van der Waals surface area contributed by atoms with Crippen LogP contribution < -0.4 is 0 Å². The maximum Gasteiger partial charge on any atom is 0.358 e. The van der Waals surface area contributed by atoms with Crippen LogP contribution in [0.15, 0.2) is 16.1 Å². The molecule has 16 heavy (non-hydrogen) atoms. The summed E-state index contributed by atoms with van der Waals surface area (Å²) < 4.78 is 5.03. The minimum atomic E-state index is -1.08. The minimum absolute atomic E-state index is 0.0647. The van der Waals surface area contributed by atoms with Crippen LogP contribution in [0, 0.1) is 0 Å². The van der Waals surface area contributed by atoms with Gasteiger partial charge in [0.25, 0.3) is 0 Å². The maximum atomic E-state index is 10.7. The van der Waals surface area contributed by atoms with Crippen LogP contribution in [0.4, 0.5) is 0 Å². The summed E-state index contributed by atoms with van der Waals surface area (Å²) in [5.74, 6) is -0.0612. The lowest BCUT2D eigenvalue weighted by atomic mass is 10.2. The number of carbonyl (C=O) groups is 1. The third-order valence-electron chi connectivity index (χ3n) is 2.51. The summed E-state index contributed by atoms with van der Waals surface area (Å²) in [6, 6.07) is 1.45. The van der Waals surface area contributed by atoms with E-state index in [0.29, 0.717) is 11.7 Å². The van der Waals surface area contributed by atoms with E-state index in [1.807, 2.05) is 0 Å². The van der Waals surface area contributed by atoms with Gasteiger partial charge < -0.3 is 9.63 Å². The first kappa shape index (κ1) is 9.53. The van der Waals surface area contributed by atoms with Crippen LogP contribution in [0.1, 0.15) is 34.9 Å². The van der Waals surface area contributed by atoms with Crippen molar-refractivity contribution in [2.24, 2.45) is 0 Å². The number of rotatable bonds is 3. The Morgan fingerprint density at radius 3 is 3.00 bits per heavy atom. The van der Waals surface area contributed by atoms with Crippen LogP contribution >= 0.6 is 11.3 Å². The number of aromatic nitrogens is 2. The summed E-state index contributed by atoms with van der Waals surface area (Å²) in [4.78, 5) is 15.9. The van der Waals surface area contributed by atoms with Crippen molar-refractivity contribution in [3.05, 3.63) is 23.0 Å². The predicted molar refractivity (Wildman–Crippen MR) is 56.5 cm³/mol. The molecule has 0 saturated heterocycles. The second kappa shape index (κ2) is 3.41. The van der Waals surface area contributed by atoms with Gasteiger partial charge in [0.05, 0.1) is 16.1 Å². The van der Waals surface area contributed by atoms with Gasteiger partial charge in [-0.2, -0.15) is 0 Å². The molecular weight excluding hydrogens is 228 g/mol. The fraction of sp³-hybridized carbons (Fsp3) is 0.300. The molecule has 5 nitrogen and oxygen atoms in total. The van der Waals surface area contributed by atoms with Crippen molar-refractivity contribution in [3.63, 3.8) is 0 Å². The van der Waals surface area contributed by atoms with Crippen molar-refractivity contribution in [1.82, 2.24) is 10.1 Å². The van der Waals surface area contributed by atoms with Crippen LogP contribution in [0.2, 0.25) is 0 Å². The van der Waals surface area contributed by atoms with Crippen molar-refractivity contribution >= 4 is 17.3 Å². The van der Waals surface area contributed by atoms with Gasteiger partial charge in [0.15, 0.2) is 11.5 Å². The number of thiazole rings is 1. The number of carboxylic acid groups (broad SMARTS) is 1. The number of hydrogen-bond acceptors (Lipinski definition) is 5. The standard InChI is InChI=1S/C10H8N2O3S/c13-10(14)6-3-7(15-12-6)9-8(5-1-2-5)11-4-16-9/h3-5H,1-2H2,(H,13,14). The van der Waals surface area contributed by atoms with Gasteiger partial charge in [-0.1, -0.05) is 5.16 Å². The zero-order valence-electron chi connectivity index (χ0n) is 8.21. The van der Waals surface area contributed by atoms with Gasteiger partial charge in [0.1, 0.15) is 0 Å². The normalized spacial score (nSPS) is 15.2. The van der Waals surface area contributed by atoms with E-state index in [0.717, 1.165) is 23.4 Å². The van der Waals surface area contributed by atoms with E-state index in [1.54, 1.807) is 5.51 Å². The van der Waals surface area contributed by atoms with Gasteiger partial charge >= 0.3 is 5.97 Å². The lowest BCUT2D eigenvalue weighted by molar-refractivity contribution is 0.0686. The molecule has 2 aromatic rings. The number of aromatic carboxylic acids is 1. The van der Waals surface area contributed by atoms with Gasteiger partial charge in [-0.3, -0.25) is 0 Å². The summed E-state index contributed by atoms with van der Waals surface area (Å²) in [7, 11) is 0. The Bertz CT molecular complexity index is 542. The highest BCUT2D eigenvalue weighted by atomic mass is 32.1. The lowest BCUT2D eigenvalue weighted by Crippen LogP contribution is -1.94. The van der Waals surface area contributed by atoms with Crippen LogP contribution in [-0.4, -0.2) is 21.2 Å². The van der Waals surface area contributed by atoms with Gasteiger partial charge in [-0.15, -0.1) is 11.3 Å². The van der Waals surface area contributed by atoms with Gasteiger partial charge in [-0.25, -0.2) is 9.78 Å². The highest BCUT2D eigenvalue weighted by molar-refractivity contribution is 7.13. The summed E-state index contributed by atoms with van der Waals surface area (Å²) in [5, 5.41) is 12.2. The molecule has 3 rings (SSSR count). The van der Waals surface area contributed by atoms with Gasteiger partial charge in [0, 0.05) is 12.0 Å². The van der Waals surface area contributed by atoms with Crippen LogP contribution in [0.25, 0.3) is 10.6 Å². The van der Waals surface area contributed by atoms with Gasteiger partial charge in [0.2, 0.25) is 0 Å². The first-order valence-corrected chi connectivity index (χ1v) is 5.77. The van der Waals surface area contributed by atoms with Crippen molar-refractivity contribution < 1.29 is 14.4 Å². The Hall–Kier alpha value is -1.69. The summed E-state index contributed by atoms with van der Waals surface area (Å²) in [6.45, 7) is 0. The molecule has 0 radical (unpaired) electrons. The molecule has 0 amide bonds. The van der Waals surface area contributed by atoms with Crippen molar-refractivity contribution in [3.8, 4) is 10.6 Å². The Morgan fingerprint density at radius 1 is 1.56 bits per heavy atom. The molecule has 0 aromatic carbocycles.